The molecule has 0 fully saturated rings. The van der Waals surface area contributed by atoms with Crippen LogP contribution in [-0.2, 0) is 28.6 Å². The Labute approximate surface area is 359 Å². The van der Waals surface area contributed by atoms with Crippen molar-refractivity contribution in [2.24, 2.45) is 0 Å². The van der Waals surface area contributed by atoms with E-state index in [1.54, 1.807) is 0 Å². The molecule has 0 aromatic heterocycles. The summed E-state index contributed by atoms with van der Waals surface area (Å²) in [6.07, 6.45) is 54.5. The summed E-state index contributed by atoms with van der Waals surface area (Å²) in [6, 6.07) is 0. The van der Waals surface area contributed by atoms with E-state index in [0.29, 0.717) is 19.3 Å². The van der Waals surface area contributed by atoms with Crippen molar-refractivity contribution in [2.45, 2.75) is 264 Å². The maximum absolute atomic E-state index is 12.7. The Hall–Kier alpha value is -2.37. The Bertz CT molecular complexity index is 984. The molecule has 0 bridgehead atoms. The van der Waals surface area contributed by atoms with Crippen LogP contribution >= 0.6 is 0 Å². The zero-order valence-corrected chi connectivity index (χ0v) is 38.6. The van der Waals surface area contributed by atoms with Crippen LogP contribution in [0.25, 0.3) is 0 Å². The number of ether oxygens (including phenoxy) is 3. The van der Waals surface area contributed by atoms with Crippen LogP contribution in [0, 0.1) is 0 Å². The zero-order valence-electron chi connectivity index (χ0n) is 38.6. The highest BCUT2D eigenvalue weighted by atomic mass is 16.6. The van der Waals surface area contributed by atoms with Crippen LogP contribution in [0.1, 0.15) is 258 Å². The van der Waals surface area contributed by atoms with Crippen LogP contribution < -0.4 is 0 Å². The molecule has 0 aliphatic carbocycles. The van der Waals surface area contributed by atoms with E-state index >= 15 is 0 Å². The first kappa shape index (κ1) is 55.6. The number of allylic oxidation sites excluding steroid dienone is 6. The van der Waals surface area contributed by atoms with E-state index < -0.39 is 6.10 Å². The van der Waals surface area contributed by atoms with Crippen molar-refractivity contribution in [3.63, 3.8) is 0 Å². The summed E-state index contributed by atoms with van der Waals surface area (Å²) in [5.74, 6) is -0.898. The van der Waals surface area contributed by atoms with Crippen LogP contribution in [0.2, 0.25) is 0 Å². The molecule has 0 heterocycles. The predicted octanol–water partition coefficient (Wildman–Crippen LogP) is 16.1. The summed E-state index contributed by atoms with van der Waals surface area (Å²) >= 11 is 0. The number of esters is 3. The van der Waals surface area contributed by atoms with E-state index in [4.69, 9.17) is 14.2 Å². The highest BCUT2D eigenvalue weighted by Gasteiger charge is 2.19. The molecule has 0 aliphatic heterocycles. The molecule has 0 amide bonds. The number of hydrogen-bond donors (Lipinski definition) is 0. The highest BCUT2D eigenvalue weighted by Crippen LogP contribution is 2.14. The Morgan fingerprint density at radius 3 is 0.966 bits per heavy atom. The number of carbonyl (C=O) groups excluding carboxylic acids is 3. The summed E-state index contributed by atoms with van der Waals surface area (Å²) in [4.78, 5) is 37.6. The van der Waals surface area contributed by atoms with Gasteiger partial charge in [-0.3, -0.25) is 14.4 Å². The molecule has 338 valence electrons. The van der Waals surface area contributed by atoms with Gasteiger partial charge in [0.25, 0.3) is 0 Å². The third-order valence-corrected chi connectivity index (χ3v) is 10.9. The van der Waals surface area contributed by atoms with Gasteiger partial charge in [-0.25, -0.2) is 0 Å². The molecule has 0 aromatic carbocycles. The predicted molar refractivity (Wildman–Crippen MR) is 247 cm³/mol. The van der Waals surface area contributed by atoms with E-state index in [0.717, 1.165) is 77.0 Å². The fraction of sp³-hybridized carbons (Fsp3) is 0.827. The molecular weight excluding hydrogens is 721 g/mol. The maximum Gasteiger partial charge on any atom is 0.306 e. The van der Waals surface area contributed by atoms with Gasteiger partial charge in [0.1, 0.15) is 13.2 Å². The number of unbranched alkanes of at least 4 members (excludes halogenated alkanes) is 28. The van der Waals surface area contributed by atoms with Crippen molar-refractivity contribution in [3.8, 4) is 0 Å². The first-order valence-corrected chi connectivity index (χ1v) is 25.0. The van der Waals surface area contributed by atoms with Gasteiger partial charge in [0, 0.05) is 19.3 Å². The van der Waals surface area contributed by atoms with Gasteiger partial charge in [0.05, 0.1) is 0 Å². The molecule has 58 heavy (non-hydrogen) atoms. The van der Waals surface area contributed by atoms with E-state index in [1.165, 1.54) is 141 Å². The van der Waals surface area contributed by atoms with Gasteiger partial charge in [-0.2, -0.15) is 0 Å². The van der Waals surface area contributed by atoms with Gasteiger partial charge in [-0.15, -0.1) is 0 Å². The molecule has 0 rings (SSSR count). The molecular formula is C52H94O6. The summed E-state index contributed by atoms with van der Waals surface area (Å²) in [7, 11) is 0. The van der Waals surface area contributed by atoms with E-state index in [-0.39, 0.29) is 31.1 Å². The molecule has 0 radical (unpaired) electrons. The molecule has 1 atom stereocenters. The Morgan fingerprint density at radius 2 is 0.621 bits per heavy atom. The second-order valence-corrected chi connectivity index (χ2v) is 16.7. The minimum Gasteiger partial charge on any atom is -0.462 e. The number of carbonyl (C=O) groups is 3. The summed E-state index contributed by atoms with van der Waals surface area (Å²) in [5.41, 5.74) is 0. The van der Waals surface area contributed by atoms with Crippen LogP contribution in [0.15, 0.2) is 36.5 Å². The van der Waals surface area contributed by atoms with Gasteiger partial charge < -0.3 is 14.2 Å². The lowest BCUT2D eigenvalue weighted by Crippen LogP contribution is -2.30. The molecule has 0 aliphatic rings. The molecule has 0 saturated carbocycles. The largest absolute Gasteiger partial charge is 0.462 e. The minimum atomic E-state index is -0.771. The molecule has 1 unspecified atom stereocenters. The highest BCUT2D eigenvalue weighted by molar-refractivity contribution is 5.71. The smallest absolute Gasteiger partial charge is 0.306 e. The Kier molecular flexibility index (Phi) is 45.4. The minimum absolute atomic E-state index is 0.0767. The van der Waals surface area contributed by atoms with E-state index in [1.807, 2.05) is 0 Å². The fourth-order valence-corrected chi connectivity index (χ4v) is 7.05. The maximum atomic E-state index is 12.7. The SMILES string of the molecule is CCCCCCC/C=C\C/C=C\CCCCCCCCCCCC(=O)OCC(COC(=O)CCCCCCC)OC(=O)CCCCCCC/C=C\CCCCCCC. The number of rotatable bonds is 45. The second-order valence-electron chi connectivity index (χ2n) is 16.7. The molecule has 0 spiro atoms. The van der Waals surface area contributed by atoms with Crippen LogP contribution in [0.4, 0.5) is 0 Å². The van der Waals surface area contributed by atoms with Crippen LogP contribution in [0.5, 0.6) is 0 Å². The lowest BCUT2D eigenvalue weighted by Gasteiger charge is -2.18. The summed E-state index contributed by atoms with van der Waals surface area (Å²) in [6.45, 7) is 6.53. The third-order valence-electron chi connectivity index (χ3n) is 10.9. The second kappa shape index (κ2) is 47.3. The quantitative estimate of drug-likeness (QED) is 0.0264. The fourth-order valence-electron chi connectivity index (χ4n) is 7.05. The van der Waals surface area contributed by atoms with Gasteiger partial charge in [-0.1, -0.05) is 198 Å². The third kappa shape index (κ3) is 44.7. The lowest BCUT2D eigenvalue weighted by atomic mass is 10.1. The van der Waals surface area contributed by atoms with E-state index in [2.05, 4.69) is 57.2 Å². The molecule has 6 nitrogen and oxygen atoms in total. The van der Waals surface area contributed by atoms with Crippen molar-refractivity contribution < 1.29 is 28.6 Å². The molecule has 6 heteroatoms. The van der Waals surface area contributed by atoms with Crippen molar-refractivity contribution in [2.75, 3.05) is 13.2 Å². The zero-order chi connectivity index (χ0) is 42.3. The monoisotopic (exact) mass is 815 g/mol. The topological polar surface area (TPSA) is 78.9 Å². The average Bonchev–Trinajstić information content (AvgIpc) is 3.22. The van der Waals surface area contributed by atoms with Crippen molar-refractivity contribution in [3.05, 3.63) is 36.5 Å². The average molecular weight is 815 g/mol. The van der Waals surface area contributed by atoms with Crippen LogP contribution in [0.3, 0.4) is 0 Å². The Morgan fingerprint density at radius 1 is 0.345 bits per heavy atom. The molecule has 0 saturated heterocycles. The van der Waals surface area contributed by atoms with Crippen molar-refractivity contribution in [1.29, 1.82) is 0 Å². The van der Waals surface area contributed by atoms with Crippen molar-refractivity contribution in [1.82, 2.24) is 0 Å². The lowest BCUT2D eigenvalue weighted by molar-refractivity contribution is -0.167. The summed E-state index contributed by atoms with van der Waals surface area (Å²) in [5, 5.41) is 0. The van der Waals surface area contributed by atoms with Crippen LogP contribution in [-0.4, -0.2) is 37.2 Å². The first-order chi connectivity index (χ1) is 28.5. The van der Waals surface area contributed by atoms with E-state index in [9.17, 15) is 14.4 Å². The van der Waals surface area contributed by atoms with Gasteiger partial charge in [0.2, 0.25) is 0 Å². The Balaban J connectivity index is 4.15. The first-order valence-electron chi connectivity index (χ1n) is 25.0. The van der Waals surface area contributed by atoms with Crippen molar-refractivity contribution >= 4 is 17.9 Å². The van der Waals surface area contributed by atoms with Gasteiger partial charge >= 0.3 is 17.9 Å². The number of hydrogen-bond acceptors (Lipinski definition) is 6. The summed E-state index contributed by atoms with van der Waals surface area (Å²) < 4.78 is 16.6. The molecule has 0 aromatic rings. The standard InChI is InChI=1S/C52H94O6/c1-4-7-10-13-15-17-19-21-23-24-25-26-27-28-29-31-32-34-36-39-42-45-51(54)57-48-49(47-56-50(53)44-41-38-12-9-6-3)58-52(55)46-43-40-37-35-33-30-22-20-18-16-14-11-8-5-2/h19-22,24-25,49H,4-18,23,26-48H2,1-3H3/b21-19-,22-20-,25-24-. The normalized spacial score (nSPS) is 12.3. The molecule has 0 N–H and O–H groups in total. The van der Waals surface area contributed by atoms with Gasteiger partial charge in [-0.05, 0) is 77.0 Å². The van der Waals surface area contributed by atoms with Gasteiger partial charge in [0.15, 0.2) is 6.10 Å².